The molecule has 7 heteroatoms. The number of anilines is 1. The maximum Gasteiger partial charge on any atom is 0.247 e. The monoisotopic (exact) mass is 346 g/mol. The lowest BCUT2D eigenvalue weighted by Gasteiger charge is -2.37. The SMILES string of the molecule is Cc1cnc(NC(=O)C2(S(C)(=O)=O)CCC2)c(Br)c1. The molecule has 1 aliphatic carbocycles. The molecule has 2 rings (SSSR count). The van der Waals surface area contributed by atoms with E-state index in [1.54, 1.807) is 6.20 Å². The van der Waals surface area contributed by atoms with E-state index in [1.807, 2.05) is 13.0 Å². The molecular formula is C12H15BrN2O3S. The molecule has 0 aliphatic heterocycles. The highest BCUT2D eigenvalue weighted by molar-refractivity contribution is 9.10. The number of aryl methyl sites for hydroxylation is 1. The number of rotatable bonds is 3. The van der Waals surface area contributed by atoms with Crippen molar-refractivity contribution in [3.63, 3.8) is 0 Å². The second-order valence-electron chi connectivity index (χ2n) is 4.92. The number of hydrogen-bond acceptors (Lipinski definition) is 4. The molecule has 1 saturated carbocycles. The lowest BCUT2D eigenvalue weighted by molar-refractivity contribution is -0.120. The fourth-order valence-corrected chi connectivity index (χ4v) is 4.09. The Labute approximate surface area is 120 Å². The van der Waals surface area contributed by atoms with E-state index in [2.05, 4.69) is 26.2 Å². The van der Waals surface area contributed by atoms with Gasteiger partial charge < -0.3 is 5.32 Å². The van der Waals surface area contributed by atoms with Crippen molar-refractivity contribution in [2.24, 2.45) is 0 Å². The van der Waals surface area contributed by atoms with Gasteiger partial charge in [0.1, 0.15) is 5.82 Å². The largest absolute Gasteiger partial charge is 0.308 e. The first-order valence-corrected chi connectivity index (χ1v) is 8.58. The maximum atomic E-state index is 12.2. The number of carbonyl (C=O) groups is 1. The van der Waals surface area contributed by atoms with E-state index in [0.717, 1.165) is 18.2 Å². The molecule has 1 aromatic rings. The van der Waals surface area contributed by atoms with E-state index in [4.69, 9.17) is 0 Å². The van der Waals surface area contributed by atoms with Gasteiger partial charge in [0.05, 0.1) is 4.47 Å². The average molecular weight is 347 g/mol. The highest BCUT2D eigenvalue weighted by atomic mass is 79.9. The fraction of sp³-hybridized carbons (Fsp3) is 0.500. The van der Waals surface area contributed by atoms with Crippen LogP contribution in [0.3, 0.4) is 0 Å². The summed E-state index contributed by atoms with van der Waals surface area (Å²) in [7, 11) is -3.42. The van der Waals surface area contributed by atoms with Gasteiger partial charge in [-0.15, -0.1) is 0 Å². The first-order chi connectivity index (χ1) is 8.76. The first kappa shape index (κ1) is 14.5. The van der Waals surface area contributed by atoms with E-state index in [0.29, 0.717) is 23.1 Å². The third-order valence-electron chi connectivity index (χ3n) is 3.49. The summed E-state index contributed by atoms with van der Waals surface area (Å²) in [6.07, 6.45) is 4.24. The van der Waals surface area contributed by atoms with Crippen molar-refractivity contribution in [2.75, 3.05) is 11.6 Å². The standard InChI is InChI=1S/C12H15BrN2O3S/c1-8-6-9(13)10(14-7-8)15-11(16)12(4-3-5-12)19(2,17)18/h6-7H,3-5H2,1-2H3,(H,14,15,16). The minimum atomic E-state index is -3.42. The van der Waals surface area contributed by atoms with Crippen LogP contribution in [-0.4, -0.2) is 30.3 Å². The number of amides is 1. The Morgan fingerprint density at radius 2 is 2.11 bits per heavy atom. The Balaban J connectivity index is 2.26. The van der Waals surface area contributed by atoms with Crippen LogP contribution in [0.25, 0.3) is 0 Å². The van der Waals surface area contributed by atoms with Gasteiger partial charge in [-0.1, -0.05) is 0 Å². The van der Waals surface area contributed by atoms with Crippen molar-refractivity contribution in [1.82, 2.24) is 4.98 Å². The second kappa shape index (κ2) is 4.86. The van der Waals surface area contributed by atoms with Crippen molar-refractivity contribution in [1.29, 1.82) is 0 Å². The topological polar surface area (TPSA) is 76.1 Å². The van der Waals surface area contributed by atoms with Crippen LogP contribution in [-0.2, 0) is 14.6 Å². The molecule has 1 N–H and O–H groups in total. The van der Waals surface area contributed by atoms with Gasteiger partial charge >= 0.3 is 0 Å². The van der Waals surface area contributed by atoms with Crippen LogP contribution in [0.2, 0.25) is 0 Å². The van der Waals surface area contributed by atoms with Gasteiger partial charge in [-0.25, -0.2) is 13.4 Å². The van der Waals surface area contributed by atoms with Crippen molar-refractivity contribution < 1.29 is 13.2 Å². The molecule has 1 fully saturated rings. The maximum absolute atomic E-state index is 12.2. The number of nitrogens with one attached hydrogen (secondary N) is 1. The molecule has 1 heterocycles. The van der Waals surface area contributed by atoms with Crippen LogP contribution < -0.4 is 5.32 Å². The molecular weight excluding hydrogens is 332 g/mol. The summed E-state index contributed by atoms with van der Waals surface area (Å²) in [5.41, 5.74) is 0.950. The summed E-state index contributed by atoms with van der Waals surface area (Å²) < 4.78 is 23.0. The molecule has 1 aliphatic rings. The van der Waals surface area contributed by atoms with E-state index < -0.39 is 20.5 Å². The van der Waals surface area contributed by atoms with E-state index in [9.17, 15) is 13.2 Å². The number of pyridine rings is 1. The molecule has 19 heavy (non-hydrogen) atoms. The van der Waals surface area contributed by atoms with Gasteiger partial charge in [0.2, 0.25) is 5.91 Å². The summed E-state index contributed by atoms with van der Waals surface area (Å²) in [6.45, 7) is 1.88. The van der Waals surface area contributed by atoms with E-state index in [1.165, 1.54) is 0 Å². The minimum Gasteiger partial charge on any atom is -0.308 e. The van der Waals surface area contributed by atoms with E-state index in [-0.39, 0.29) is 0 Å². The summed E-state index contributed by atoms with van der Waals surface area (Å²) in [4.78, 5) is 16.3. The van der Waals surface area contributed by atoms with Gasteiger partial charge in [-0.2, -0.15) is 0 Å². The van der Waals surface area contributed by atoms with Gasteiger partial charge in [0, 0.05) is 12.5 Å². The van der Waals surface area contributed by atoms with Crippen molar-refractivity contribution in [2.45, 2.75) is 30.9 Å². The number of nitrogens with zero attached hydrogens (tertiary/aromatic N) is 1. The van der Waals surface area contributed by atoms with Crippen LogP contribution in [0, 0.1) is 6.92 Å². The molecule has 0 radical (unpaired) electrons. The minimum absolute atomic E-state index is 0.352. The van der Waals surface area contributed by atoms with Crippen LogP contribution in [0.15, 0.2) is 16.7 Å². The van der Waals surface area contributed by atoms with Gasteiger partial charge in [0.15, 0.2) is 14.6 Å². The predicted molar refractivity (Wildman–Crippen MR) is 76.7 cm³/mol. The molecule has 0 aromatic carbocycles. The molecule has 0 unspecified atom stereocenters. The highest BCUT2D eigenvalue weighted by Gasteiger charge is 2.53. The molecule has 0 bridgehead atoms. The van der Waals surface area contributed by atoms with E-state index >= 15 is 0 Å². The molecule has 0 atom stereocenters. The number of aromatic nitrogens is 1. The van der Waals surface area contributed by atoms with Gasteiger partial charge in [0.25, 0.3) is 0 Å². The zero-order chi connectivity index (χ0) is 14.3. The third kappa shape index (κ3) is 2.53. The quantitative estimate of drug-likeness (QED) is 0.908. The summed E-state index contributed by atoms with van der Waals surface area (Å²) >= 11 is 3.31. The Hall–Kier alpha value is -0.950. The van der Waals surface area contributed by atoms with Gasteiger partial charge in [-0.05, 0) is 53.7 Å². The van der Waals surface area contributed by atoms with Crippen LogP contribution in [0.1, 0.15) is 24.8 Å². The molecule has 1 aromatic heterocycles. The van der Waals surface area contributed by atoms with Crippen molar-refractivity contribution in [3.05, 3.63) is 22.3 Å². The number of sulfone groups is 1. The number of hydrogen-bond donors (Lipinski definition) is 1. The van der Waals surface area contributed by atoms with Crippen LogP contribution >= 0.6 is 15.9 Å². The smallest absolute Gasteiger partial charge is 0.247 e. The summed E-state index contributed by atoms with van der Waals surface area (Å²) in [6, 6.07) is 1.82. The normalized spacial score (nSPS) is 17.6. The fourth-order valence-electron chi connectivity index (χ4n) is 2.11. The summed E-state index contributed by atoms with van der Waals surface area (Å²) in [5, 5.41) is 2.61. The van der Waals surface area contributed by atoms with Gasteiger partial charge in [-0.3, -0.25) is 4.79 Å². The predicted octanol–water partition coefficient (Wildman–Crippen LogP) is 2.06. The Kier molecular flexibility index (Phi) is 3.70. The molecule has 0 saturated heterocycles. The first-order valence-electron chi connectivity index (χ1n) is 5.89. The molecule has 104 valence electrons. The Morgan fingerprint density at radius 1 is 1.47 bits per heavy atom. The number of carbonyl (C=O) groups excluding carboxylic acids is 1. The Bertz CT molecular complexity index is 624. The molecule has 1 amide bonds. The Morgan fingerprint density at radius 3 is 2.53 bits per heavy atom. The second-order valence-corrected chi connectivity index (χ2v) is 8.10. The van der Waals surface area contributed by atoms with Crippen molar-refractivity contribution in [3.8, 4) is 0 Å². The number of halogens is 1. The third-order valence-corrected chi connectivity index (χ3v) is 6.11. The summed E-state index contributed by atoms with van der Waals surface area (Å²) in [5.74, 6) is -0.135. The zero-order valence-corrected chi connectivity index (χ0v) is 13.1. The zero-order valence-electron chi connectivity index (χ0n) is 10.7. The average Bonchev–Trinajstić information content (AvgIpc) is 2.18. The van der Waals surface area contributed by atoms with Crippen LogP contribution in [0.4, 0.5) is 5.82 Å². The van der Waals surface area contributed by atoms with Crippen molar-refractivity contribution >= 4 is 37.5 Å². The van der Waals surface area contributed by atoms with Crippen LogP contribution in [0.5, 0.6) is 0 Å². The molecule has 5 nitrogen and oxygen atoms in total. The molecule has 0 spiro atoms. The lowest BCUT2D eigenvalue weighted by Crippen LogP contribution is -2.54. The lowest BCUT2D eigenvalue weighted by atomic mass is 9.83. The highest BCUT2D eigenvalue weighted by Crippen LogP contribution is 2.40.